The summed E-state index contributed by atoms with van der Waals surface area (Å²) < 4.78 is 3.52. The van der Waals surface area contributed by atoms with Crippen LogP contribution in [0.2, 0.25) is 0 Å². The van der Waals surface area contributed by atoms with E-state index in [0.717, 1.165) is 16.7 Å². The fraction of sp³-hybridized carbons (Fsp3) is 0. The maximum absolute atomic E-state index is 4.88. The van der Waals surface area contributed by atoms with Crippen LogP contribution in [0.15, 0.2) is 66.7 Å². The van der Waals surface area contributed by atoms with Crippen molar-refractivity contribution in [3.8, 4) is 0 Å². The third kappa shape index (κ3) is 1.57. The molecule has 3 heteroatoms. The molecule has 0 saturated carbocycles. The smallest absolute Gasteiger partial charge is 0.146 e. The van der Waals surface area contributed by atoms with Crippen LogP contribution in [-0.2, 0) is 0 Å². The fourth-order valence-electron chi connectivity index (χ4n) is 3.28. The fourth-order valence-corrected chi connectivity index (χ4v) is 3.77. The Morgan fingerprint density at radius 3 is 2.41 bits per heavy atom. The number of para-hydroxylation sites is 3. The van der Waals surface area contributed by atoms with E-state index in [1.807, 2.05) is 6.07 Å². The molecule has 0 amide bonds. The standard InChI is InChI=1S/C19H11IN2/c20-12-9-10-14-15(11-12)13-5-1-3-7-17(13)22-18-8-4-2-6-16(18)21-19(14)22/h1-11H. The molecule has 3 aromatic carbocycles. The number of rotatable bonds is 0. The van der Waals surface area contributed by atoms with E-state index in [4.69, 9.17) is 4.98 Å². The largest absolute Gasteiger partial charge is 0.292 e. The summed E-state index contributed by atoms with van der Waals surface area (Å²) in [4.78, 5) is 4.88. The van der Waals surface area contributed by atoms with E-state index < -0.39 is 0 Å². The summed E-state index contributed by atoms with van der Waals surface area (Å²) in [7, 11) is 0. The zero-order valence-electron chi connectivity index (χ0n) is 11.6. The molecule has 104 valence electrons. The van der Waals surface area contributed by atoms with Crippen molar-refractivity contribution in [2.75, 3.05) is 0 Å². The number of benzene rings is 3. The quantitative estimate of drug-likeness (QED) is 0.254. The summed E-state index contributed by atoms with van der Waals surface area (Å²) in [5, 5.41) is 3.74. The highest BCUT2D eigenvalue weighted by atomic mass is 127. The zero-order chi connectivity index (χ0) is 14.7. The van der Waals surface area contributed by atoms with E-state index in [-0.39, 0.29) is 0 Å². The molecule has 0 unspecified atom stereocenters. The second kappa shape index (κ2) is 4.43. The van der Waals surface area contributed by atoms with Gasteiger partial charge >= 0.3 is 0 Å². The molecule has 0 fully saturated rings. The van der Waals surface area contributed by atoms with Gasteiger partial charge in [0.25, 0.3) is 0 Å². The van der Waals surface area contributed by atoms with Crippen LogP contribution in [-0.4, -0.2) is 9.38 Å². The van der Waals surface area contributed by atoms with E-state index >= 15 is 0 Å². The molecule has 0 aliphatic carbocycles. The summed E-state index contributed by atoms with van der Waals surface area (Å²) in [6, 6.07) is 23.5. The molecule has 0 spiro atoms. The Morgan fingerprint density at radius 2 is 1.50 bits per heavy atom. The number of hydrogen-bond donors (Lipinski definition) is 0. The first-order valence-electron chi connectivity index (χ1n) is 7.20. The van der Waals surface area contributed by atoms with Crippen LogP contribution in [0, 0.1) is 3.57 Å². The van der Waals surface area contributed by atoms with Gasteiger partial charge in [0, 0.05) is 14.3 Å². The Bertz CT molecular complexity index is 1190. The van der Waals surface area contributed by atoms with E-state index in [1.165, 1.54) is 25.2 Å². The second-order valence-electron chi connectivity index (χ2n) is 5.47. The lowest BCUT2D eigenvalue weighted by atomic mass is 10.1. The van der Waals surface area contributed by atoms with Gasteiger partial charge < -0.3 is 0 Å². The lowest BCUT2D eigenvalue weighted by Gasteiger charge is -2.09. The van der Waals surface area contributed by atoms with Gasteiger partial charge in [0.15, 0.2) is 0 Å². The van der Waals surface area contributed by atoms with Gasteiger partial charge in [0.2, 0.25) is 0 Å². The Labute approximate surface area is 140 Å². The first kappa shape index (κ1) is 12.4. The predicted molar refractivity (Wildman–Crippen MR) is 100 cm³/mol. The van der Waals surface area contributed by atoms with Crippen molar-refractivity contribution in [3.63, 3.8) is 0 Å². The van der Waals surface area contributed by atoms with E-state index in [1.54, 1.807) is 0 Å². The van der Waals surface area contributed by atoms with E-state index in [2.05, 4.69) is 87.7 Å². The lowest BCUT2D eigenvalue weighted by molar-refractivity contribution is 1.31. The molecule has 5 rings (SSSR count). The Hall–Kier alpha value is -2.14. The van der Waals surface area contributed by atoms with Crippen molar-refractivity contribution in [3.05, 3.63) is 70.3 Å². The number of imidazole rings is 1. The summed E-state index contributed by atoms with van der Waals surface area (Å²) in [5.74, 6) is 0. The van der Waals surface area contributed by atoms with Crippen LogP contribution < -0.4 is 0 Å². The van der Waals surface area contributed by atoms with Crippen LogP contribution in [0.4, 0.5) is 0 Å². The highest BCUT2D eigenvalue weighted by molar-refractivity contribution is 14.1. The van der Waals surface area contributed by atoms with Crippen molar-refractivity contribution >= 4 is 60.9 Å². The van der Waals surface area contributed by atoms with Crippen molar-refractivity contribution in [2.45, 2.75) is 0 Å². The molecular formula is C19H11IN2. The lowest BCUT2D eigenvalue weighted by Crippen LogP contribution is -1.91. The number of nitrogens with zero attached hydrogens (tertiary/aromatic N) is 2. The van der Waals surface area contributed by atoms with Gasteiger partial charge in [-0.2, -0.15) is 0 Å². The van der Waals surface area contributed by atoms with Gasteiger partial charge in [-0.1, -0.05) is 30.3 Å². The normalized spacial score (nSPS) is 11.9. The molecular weight excluding hydrogens is 383 g/mol. The predicted octanol–water partition coefficient (Wildman–Crippen LogP) is 5.40. The molecule has 0 bridgehead atoms. The third-order valence-corrected chi connectivity index (χ3v) is 4.89. The van der Waals surface area contributed by atoms with Gasteiger partial charge in [0.1, 0.15) is 5.65 Å². The maximum atomic E-state index is 4.88. The van der Waals surface area contributed by atoms with Crippen molar-refractivity contribution in [2.24, 2.45) is 0 Å². The number of hydrogen-bond acceptors (Lipinski definition) is 1. The number of aromatic nitrogens is 2. The molecule has 0 N–H and O–H groups in total. The Kier molecular flexibility index (Phi) is 2.50. The minimum atomic E-state index is 1.03. The van der Waals surface area contributed by atoms with Gasteiger partial charge in [0.05, 0.1) is 16.6 Å². The minimum Gasteiger partial charge on any atom is -0.292 e. The summed E-state index contributed by atoms with van der Waals surface area (Å²) >= 11 is 2.37. The summed E-state index contributed by atoms with van der Waals surface area (Å²) in [6.07, 6.45) is 0. The van der Waals surface area contributed by atoms with E-state index in [9.17, 15) is 0 Å². The van der Waals surface area contributed by atoms with Gasteiger partial charge in [-0.05, 0) is 64.4 Å². The van der Waals surface area contributed by atoms with Gasteiger partial charge in [-0.25, -0.2) is 4.98 Å². The molecule has 0 radical (unpaired) electrons. The molecule has 2 heterocycles. The second-order valence-corrected chi connectivity index (χ2v) is 6.71. The molecule has 0 saturated heterocycles. The first-order valence-corrected chi connectivity index (χ1v) is 8.28. The highest BCUT2D eigenvalue weighted by Crippen LogP contribution is 2.32. The van der Waals surface area contributed by atoms with Crippen molar-refractivity contribution in [1.29, 1.82) is 0 Å². The molecule has 2 nitrogen and oxygen atoms in total. The average molecular weight is 394 g/mol. The average Bonchev–Trinajstić information content (AvgIpc) is 2.94. The molecule has 2 aromatic heterocycles. The SMILES string of the molecule is Ic1ccc2c(c1)c1ccccc1n1c3ccccc3nc21. The van der Waals surface area contributed by atoms with Gasteiger partial charge in [-0.15, -0.1) is 0 Å². The Balaban J connectivity index is 2.22. The monoisotopic (exact) mass is 394 g/mol. The molecule has 22 heavy (non-hydrogen) atoms. The van der Waals surface area contributed by atoms with Crippen molar-refractivity contribution < 1.29 is 0 Å². The van der Waals surface area contributed by atoms with E-state index in [0.29, 0.717) is 0 Å². The molecule has 0 aliphatic heterocycles. The molecule has 0 aliphatic rings. The van der Waals surface area contributed by atoms with Crippen LogP contribution in [0.5, 0.6) is 0 Å². The molecule has 0 atom stereocenters. The maximum Gasteiger partial charge on any atom is 0.146 e. The highest BCUT2D eigenvalue weighted by Gasteiger charge is 2.12. The van der Waals surface area contributed by atoms with Crippen LogP contribution in [0.1, 0.15) is 0 Å². The summed E-state index contributed by atoms with van der Waals surface area (Å²) in [5.41, 5.74) is 4.44. The van der Waals surface area contributed by atoms with Crippen molar-refractivity contribution in [1.82, 2.24) is 9.38 Å². The first-order chi connectivity index (χ1) is 10.8. The summed E-state index contributed by atoms with van der Waals surface area (Å²) in [6.45, 7) is 0. The number of pyridine rings is 1. The minimum absolute atomic E-state index is 1.03. The topological polar surface area (TPSA) is 17.3 Å². The number of halogens is 1. The van der Waals surface area contributed by atoms with Crippen LogP contribution in [0.25, 0.3) is 38.4 Å². The van der Waals surface area contributed by atoms with Gasteiger partial charge in [-0.3, -0.25) is 4.40 Å². The zero-order valence-corrected chi connectivity index (χ0v) is 13.8. The third-order valence-electron chi connectivity index (χ3n) is 4.22. The molecule has 5 aromatic rings. The number of fused-ring (bicyclic) bond motifs is 8. The Morgan fingerprint density at radius 1 is 0.727 bits per heavy atom. The van der Waals surface area contributed by atoms with Crippen LogP contribution >= 0.6 is 22.6 Å². The van der Waals surface area contributed by atoms with Crippen LogP contribution in [0.3, 0.4) is 0 Å².